The number of hydrogen-bond donors (Lipinski definition) is 3. The molecule has 0 atom stereocenters. The second kappa shape index (κ2) is 6.69. The number of halogens is 1. The number of amidine groups is 1. The van der Waals surface area contributed by atoms with Crippen LogP contribution in [0.4, 0.5) is 0 Å². The molecule has 2 aromatic heterocycles. The van der Waals surface area contributed by atoms with Crippen LogP contribution in [0.3, 0.4) is 0 Å². The molecular formula is C14H17ClN6O3. The van der Waals surface area contributed by atoms with E-state index in [1.165, 1.54) is 11.6 Å². The smallest absolute Gasteiger partial charge is 0.332 e. The quantitative estimate of drug-likeness (QED) is 0.420. The van der Waals surface area contributed by atoms with Crippen LogP contribution in [0.15, 0.2) is 33.9 Å². The van der Waals surface area contributed by atoms with Crippen LogP contribution in [0.2, 0.25) is 0 Å². The first-order valence-electron chi connectivity index (χ1n) is 6.50. The zero-order chi connectivity index (χ0) is 16.0. The number of imidazole rings is 1. The molecule has 2 heterocycles. The fraction of sp³-hybridized carbons (Fsp3) is 0.143. The lowest BCUT2D eigenvalue weighted by Gasteiger charge is -2.00. The molecule has 3 rings (SSSR count). The van der Waals surface area contributed by atoms with Crippen LogP contribution in [0, 0.1) is 5.41 Å². The molecular weight excluding hydrogens is 336 g/mol. The summed E-state index contributed by atoms with van der Waals surface area (Å²) in [4.78, 5) is 31.3. The molecule has 1 aromatic carbocycles. The zero-order valence-corrected chi connectivity index (χ0v) is 13.8. The average molecular weight is 353 g/mol. The molecule has 0 unspecified atom stereocenters. The lowest BCUT2D eigenvalue weighted by molar-refractivity contribution is 0.709. The normalized spacial score (nSPS) is 10.1. The lowest BCUT2D eigenvalue weighted by atomic mass is 10.1. The van der Waals surface area contributed by atoms with Crippen LogP contribution in [0.1, 0.15) is 5.56 Å². The Labute approximate surface area is 142 Å². The summed E-state index contributed by atoms with van der Waals surface area (Å²) in [7, 11) is 2.99. The van der Waals surface area contributed by atoms with Gasteiger partial charge in [-0.2, -0.15) is 0 Å². The molecule has 24 heavy (non-hydrogen) atoms. The van der Waals surface area contributed by atoms with Gasteiger partial charge in [0, 0.05) is 25.2 Å². The molecule has 3 aromatic rings. The van der Waals surface area contributed by atoms with E-state index in [0.29, 0.717) is 17.0 Å². The molecule has 0 saturated heterocycles. The van der Waals surface area contributed by atoms with Crippen molar-refractivity contribution in [1.29, 1.82) is 5.41 Å². The maximum atomic E-state index is 12.1. The third-order valence-electron chi connectivity index (χ3n) is 3.56. The van der Waals surface area contributed by atoms with Crippen molar-refractivity contribution in [3.05, 3.63) is 50.7 Å². The van der Waals surface area contributed by atoms with E-state index in [4.69, 9.17) is 11.1 Å². The Morgan fingerprint density at radius 2 is 1.75 bits per heavy atom. The number of nitrogens with two attached hydrogens (primary N) is 1. The zero-order valence-electron chi connectivity index (χ0n) is 13.0. The Morgan fingerprint density at radius 3 is 2.29 bits per heavy atom. The van der Waals surface area contributed by atoms with Crippen LogP contribution in [-0.2, 0) is 14.1 Å². The van der Waals surface area contributed by atoms with Gasteiger partial charge in [-0.25, -0.2) is 9.78 Å². The third-order valence-corrected chi connectivity index (χ3v) is 3.56. The highest BCUT2D eigenvalue weighted by Crippen LogP contribution is 2.18. The summed E-state index contributed by atoms with van der Waals surface area (Å²) in [6, 6.07) is 6.89. The fourth-order valence-electron chi connectivity index (χ4n) is 2.27. The van der Waals surface area contributed by atoms with Gasteiger partial charge in [-0.1, -0.05) is 24.3 Å². The van der Waals surface area contributed by atoms with Crippen molar-refractivity contribution in [3.63, 3.8) is 0 Å². The molecule has 0 aliphatic heterocycles. The Balaban J connectivity index is 0.00000144. The van der Waals surface area contributed by atoms with Gasteiger partial charge < -0.3 is 16.2 Å². The summed E-state index contributed by atoms with van der Waals surface area (Å²) in [6.45, 7) is 0. The number of aryl methyl sites for hydroxylation is 1. The number of nitrogen functional groups attached to an aromatic ring is 1. The first-order valence-corrected chi connectivity index (χ1v) is 6.50. The first-order chi connectivity index (χ1) is 10.4. The minimum atomic E-state index is -0.428. The maximum Gasteiger partial charge on any atom is 0.332 e. The molecule has 0 bridgehead atoms. The summed E-state index contributed by atoms with van der Waals surface area (Å²) in [5.41, 5.74) is 6.48. The van der Waals surface area contributed by atoms with Crippen molar-refractivity contribution in [2.75, 3.05) is 0 Å². The summed E-state index contributed by atoms with van der Waals surface area (Å²) < 4.78 is 2.35. The van der Waals surface area contributed by atoms with E-state index in [0.717, 1.165) is 10.1 Å². The third kappa shape index (κ3) is 2.82. The number of hydrogen-bond acceptors (Lipinski definition) is 4. The second-order valence-electron chi connectivity index (χ2n) is 4.98. The second-order valence-corrected chi connectivity index (χ2v) is 4.98. The van der Waals surface area contributed by atoms with Gasteiger partial charge in [0.1, 0.15) is 17.2 Å². The predicted octanol–water partition coefficient (Wildman–Crippen LogP) is -0.492. The predicted molar refractivity (Wildman–Crippen MR) is 93.9 cm³/mol. The Morgan fingerprint density at radius 1 is 1.17 bits per heavy atom. The van der Waals surface area contributed by atoms with E-state index in [1.807, 2.05) is 0 Å². The molecule has 9 nitrogen and oxygen atoms in total. The summed E-state index contributed by atoms with van der Waals surface area (Å²) in [5, 5.41) is 7.37. The Hall–Kier alpha value is -2.91. The average Bonchev–Trinajstić information content (AvgIpc) is 2.96. The molecule has 0 fully saturated rings. The largest absolute Gasteiger partial charge is 0.412 e. The van der Waals surface area contributed by atoms with Crippen molar-refractivity contribution < 1.29 is 5.48 Å². The van der Waals surface area contributed by atoms with E-state index in [2.05, 4.69) is 9.97 Å². The van der Waals surface area contributed by atoms with Crippen molar-refractivity contribution in [2.24, 2.45) is 19.8 Å². The van der Waals surface area contributed by atoms with Gasteiger partial charge in [0.2, 0.25) is 0 Å². The van der Waals surface area contributed by atoms with E-state index in [1.54, 1.807) is 31.3 Å². The molecule has 0 spiro atoms. The molecule has 0 aliphatic carbocycles. The fourth-order valence-corrected chi connectivity index (χ4v) is 2.27. The molecule has 128 valence electrons. The van der Waals surface area contributed by atoms with E-state index in [9.17, 15) is 9.59 Å². The molecule has 6 N–H and O–H groups in total. The van der Waals surface area contributed by atoms with Crippen molar-refractivity contribution >= 4 is 29.4 Å². The highest BCUT2D eigenvalue weighted by molar-refractivity contribution is 5.95. The number of fused-ring (bicyclic) bond motifs is 1. The Bertz CT molecular complexity index is 1020. The summed E-state index contributed by atoms with van der Waals surface area (Å²) in [5.74, 6) is 0.454. The minimum Gasteiger partial charge on any atom is -0.412 e. The summed E-state index contributed by atoms with van der Waals surface area (Å²) in [6.07, 6.45) is 0. The molecule has 0 amide bonds. The number of nitrogens with zero attached hydrogens (tertiary/aromatic N) is 3. The van der Waals surface area contributed by atoms with E-state index >= 15 is 0 Å². The topological polar surface area (TPSA) is 154 Å². The van der Waals surface area contributed by atoms with Crippen LogP contribution < -0.4 is 17.0 Å². The highest BCUT2D eigenvalue weighted by atomic mass is 35.5. The molecule has 0 saturated carbocycles. The standard InChI is InChI=1S/C14H14N6O2.ClH.H2O/c1-19-12-9(13(21)20(2)14(19)22)17-11(18-12)8-5-3-7(4-6-8)10(15)16;;/h3-6H,1-2H3,(H3,15,16)(H,17,18);1H;1H2. The highest BCUT2D eigenvalue weighted by Gasteiger charge is 2.14. The summed E-state index contributed by atoms with van der Waals surface area (Å²) >= 11 is 0. The van der Waals surface area contributed by atoms with Crippen molar-refractivity contribution in [2.45, 2.75) is 0 Å². The SMILES string of the molecule is Cl.Cn1c(=O)c2[nH]c(-c3ccc(C(=N)N)cc3)nc2n(C)c1=O.O. The van der Waals surface area contributed by atoms with Crippen LogP contribution in [0.25, 0.3) is 22.6 Å². The monoisotopic (exact) mass is 352 g/mol. The van der Waals surface area contributed by atoms with Crippen molar-refractivity contribution in [3.8, 4) is 11.4 Å². The van der Waals surface area contributed by atoms with Crippen molar-refractivity contribution in [1.82, 2.24) is 19.1 Å². The van der Waals surface area contributed by atoms with Gasteiger partial charge in [0.15, 0.2) is 5.65 Å². The maximum absolute atomic E-state index is 12.1. The number of benzene rings is 1. The van der Waals surface area contributed by atoms with Crippen LogP contribution in [-0.4, -0.2) is 30.4 Å². The number of aromatic nitrogens is 4. The van der Waals surface area contributed by atoms with Crippen LogP contribution in [0.5, 0.6) is 0 Å². The van der Waals surface area contributed by atoms with Gasteiger partial charge in [-0.3, -0.25) is 19.3 Å². The number of rotatable bonds is 2. The van der Waals surface area contributed by atoms with Crippen LogP contribution >= 0.6 is 12.4 Å². The number of nitrogens with one attached hydrogen (secondary N) is 2. The number of aromatic amines is 1. The number of H-pyrrole nitrogens is 1. The lowest BCUT2D eigenvalue weighted by Crippen LogP contribution is -2.36. The van der Waals surface area contributed by atoms with Gasteiger partial charge in [0.25, 0.3) is 5.56 Å². The van der Waals surface area contributed by atoms with E-state index < -0.39 is 11.2 Å². The van der Waals surface area contributed by atoms with Gasteiger partial charge in [0.05, 0.1) is 0 Å². The van der Waals surface area contributed by atoms with Gasteiger partial charge >= 0.3 is 5.69 Å². The van der Waals surface area contributed by atoms with Gasteiger partial charge in [-0.05, 0) is 0 Å². The van der Waals surface area contributed by atoms with E-state index in [-0.39, 0.29) is 29.2 Å². The molecule has 0 aliphatic rings. The van der Waals surface area contributed by atoms with Gasteiger partial charge in [-0.15, -0.1) is 12.4 Å². The minimum absolute atomic E-state index is 0. The Kier molecular flexibility index (Phi) is 5.33. The molecule has 0 radical (unpaired) electrons. The molecule has 10 heteroatoms. The first kappa shape index (κ1) is 19.1.